The molecular formula is C14H20BN2O7P. The topological polar surface area (TPSA) is 107 Å². The van der Waals surface area contributed by atoms with Gasteiger partial charge in [-0.25, -0.2) is 14.8 Å². The standard InChI is InChI=1S/C14H20BN2O7P/c1-21-25(20,23-10-12-3-2-8-17(12)15)24-13-6-4-11(5-7-13)9-22-14(18)16-19/h4-7,12,19H,2-3,8-10H2,1H3,(H,16,18). The highest BCUT2D eigenvalue weighted by atomic mass is 31.2. The highest BCUT2D eigenvalue weighted by Gasteiger charge is 2.30. The van der Waals surface area contributed by atoms with E-state index in [-0.39, 0.29) is 25.0 Å². The number of hydroxylamine groups is 1. The van der Waals surface area contributed by atoms with Crippen LogP contribution in [0.5, 0.6) is 5.75 Å². The van der Waals surface area contributed by atoms with Crippen molar-refractivity contribution in [2.24, 2.45) is 0 Å². The molecule has 1 aliphatic rings. The highest BCUT2D eigenvalue weighted by molar-refractivity contribution is 7.48. The lowest BCUT2D eigenvalue weighted by Gasteiger charge is -2.22. The van der Waals surface area contributed by atoms with E-state index >= 15 is 0 Å². The zero-order chi connectivity index (χ0) is 18.3. The average molecular weight is 370 g/mol. The average Bonchev–Trinajstić information content (AvgIpc) is 3.04. The summed E-state index contributed by atoms with van der Waals surface area (Å²) in [5.41, 5.74) is 2.00. The number of nitrogens with zero attached hydrogens (tertiary/aromatic N) is 1. The molecule has 0 aromatic heterocycles. The van der Waals surface area contributed by atoms with E-state index in [9.17, 15) is 9.36 Å². The third-order valence-corrected chi connectivity index (χ3v) is 5.02. The molecule has 2 rings (SSSR count). The fraction of sp³-hybridized carbons (Fsp3) is 0.500. The van der Waals surface area contributed by atoms with Gasteiger partial charge in [-0.3, -0.25) is 14.3 Å². The number of rotatable bonds is 8. The number of phosphoric ester groups is 1. The van der Waals surface area contributed by atoms with Gasteiger partial charge in [0.25, 0.3) is 0 Å². The van der Waals surface area contributed by atoms with E-state index in [1.54, 1.807) is 16.9 Å². The molecular weight excluding hydrogens is 350 g/mol. The lowest BCUT2D eigenvalue weighted by atomic mass is 10.2. The smallest absolute Gasteiger partial charge is 0.443 e. The van der Waals surface area contributed by atoms with Gasteiger partial charge in [-0.2, -0.15) is 0 Å². The number of hydrogen-bond acceptors (Lipinski definition) is 8. The summed E-state index contributed by atoms with van der Waals surface area (Å²) in [5.74, 6) is 0.275. The maximum absolute atomic E-state index is 12.5. The van der Waals surface area contributed by atoms with Crippen LogP contribution < -0.4 is 10.0 Å². The van der Waals surface area contributed by atoms with Gasteiger partial charge in [0.15, 0.2) is 7.98 Å². The van der Waals surface area contributed by atoms with E-state index in [2.05, 4.69) is 4.74 Å². The Labute approximate surface area is 147 Å². The summed E-state index contributed by atoms with van der Waals surface area (Å²) in [4.78, 5) is 12.4. The van der Waals surface area contributed by atoms with Crippen LogP contribution in [0.25, 0.3) is 0 Å². The van der Waals surface area contributed by atoms with Crippen molar-refractivity contribution >= 4 is 21.9 Å². The van der Waals surface area contributed by atoms with E-state index in [0.29, 0.717) is 5.56 Å². The van der Waals surface area contributed by atoms with Gasteiger partial charge in [-0.1, -0.05) is 12.1 Å². The molecule has 0 bridgehead atoms. The molecule has 0 aliphatic carbocycles. The van der Waals surface area contributed by atoms with Crippen LogP contribution in [-0.4, -0.2) is 50.4 Å². The van der Waals surface area contributed by atoms with Crippen molar-refractivity contribution in [1.29, 1.82) is 0 Å². The number of ether oxygens (including phenoxy) is 1. The van der Waals surface area contributed by atoms with Crippen molar-refractivity contribution in [1.82, 2.24) is 10.3 Å². The summed E-state index contributed by atoms with van der Waals surface area (Å²) in [7, 11) is 3.28. The zero-order valence-corrected chi connectivity index (χ0v) is 14.7. The molecule has 2 radical (unpaired) electrons. The molecule has 1 aliphatic heterocycles. The minimum Gasteiger partial charge on any atom is -0.443 e. The van der Waals surface area contributed by atoms with Crippen molar-refractivity contribution in [2.75, 3.05) is 20.3 Å². The van der Waals surface area contributed by atoms with Gasteiger partial charge in [0, 0.05) is 13.2 Å². The summed E-state index contributed by atoms with van der Waals surface area (Å²) in [5, 5.41) is 8.34. The molecule has 1 heterocycles. The maximum atomic E-state index is 12.5. The van der Waals surface area contributed by atoms with Crippen LogP contribution in [0.1, 0.15) is 18.4 Å². The molecule has 1 fully saturated rings. The van der Waals surface area contributed by atoms with E-state index in [0.717, 1.165) is 19.4 Å². The third kappa shape index (κ3) is 6.02. The Morgan fingerprint density at radius 2 is 2.16 bits per heavy atom. The van der Waals surface area contributed by atoms with Gasteiger partial charge in [0.1, 0.15) is 12.4 Å². The van der Waals surface area contributed by atoms with Crippen molar-refractivity contribution in [3.63, 3.8) is 0 Å². The summed E-state index contributed by atoms with van der Waals surface area (Å²) in [6.45, 7) is 0.868. The van der Waals surface area contributed by atoms with Gasteiger partial charge in [-0.15, -0.1) is 0 Å². The predicted octanol–water partition coefficient (Wildman–Crippen LogP) is 2.00. The Bertz CT molecular complexity index is 616. The number of phosphoric acid groups is 1. The normalized spacial score (nSPS) is 20.0. The number of carbonyl (C=O) groups excluding carboxylic acids is 1. The van der Waals surface area contributed by atoms with Crippen molar-refractivity contribution in [3.8, 4) is 5.75 Å². The summed E-state index contributed by atoms with van der Waals surface area (Å²) in [6, 6.07) is 6.27. The Kier molecular flexibility index (Phi) is 7.28. The minimum absolute atomic E-state index is 0.0238. The zero-order valence-electron chi connectivity index (χ0n) is 13.8. The number of carbonyl (C=O) groups is 1. The van der Waals surface area contributed by atoms with E-state index < -0.39 is 13.9 Å². The Hall–Kier alpha value is -1.58. The van der Waals surface area contributed by atoms with Crippen LogP contribution in [0.2, 0.25) is 0 Å². The second-order valence-corrected chi connectivity index (χ2v) is 7.08. The van der Waals surface area contributed by atoms with Crippen LogP contribution in [-0.2, 0) is 25.0 Å². The first kappa shape index (κ1) is 19.7. The molecule has 1 aromatic rings. The molecule has 9 nitrogen and oxygen atoms in total. The van der Waals surface area contributed by atoms with Crippen molar-refractivity contribution < 1.29 is 32.9 Å². The van der Waals surface area contributed by atoms with E-state index in [4.69, 9.17) is 26.8 Å². The number of benzene rings is 1. The molecule has 1 saturated heterocycles. The van der Waals surface area contributed by atoms with Crippen molar-refractivity contribution in [2.45, 2.75) is 25.5 Å². The second-order valence-electron chi connectivity index (χ2n) is 5.38. The molecule has 2 unspecified atom stereocenters. The van der Waals surface area contributed by atoms with Gasteiger partial charge in [0.05, 0.1) is 6.61 Å². The summed E-state index contributed by atoms with van der Waals surface area (Å²) in [6.07, 6.45) is 0.857. The summed E-state index contributed by atoms with van der Waals surface area (Å²) >= 11 is 0. The third-order valence-electron chi connectivity index (χ3n) is 3.67. The molecule has 1 amide bonds. The molecule has 2 N–H and O–H groups in total. The van der Waals surface area contributed by atoms with Crippen LogP contribution in [0.15, 0.2) is 24.3 Å². The first-order valence-corrected chi connectivity index (χ1v) is 9.09. The lowest BCUT2D eigenvalue weighted by molar-refractivity contribution is 0.0842. The molecule has 25 heavy (non-hydrogen) atoms. The summed E-state index contributed by atoms with van der Waals surface area (Å²) < 4.78 is 32.8. The van der Waals surface area contributed by atoms with E-state index in [1.165, 1.54) is 24.7 Å². The Morgan fingerprint density at radius 3 is 2.72 bits per heavy atom. The predicted molar refractivity (Wildman–Crippen MR) is 88.2 cm³/mol. The fourth-order valence-electron chi connectivity index (χ4n) is 2.29. The quantitative estimate of drug-likeness (QED) is 0.310. The first-order valence-electron chi connectivity index (χ1n) is 7.63. The van der Waals surface area contributed by atoms with Gasteiger partial charge < -0.3 is 14.1 Å². The number of amides is 1. The lowest BCUT2D eigenvalue weighted by Crippen LogP contribution is -2.30. The van der Waals surface area contributed by atoms with Crippen LogP contribution >= 0.6 is 7.82 Å². The van der Waals surface area contributed by atoms with E-state index in [1.807, 2.05) is 0 Å². The SMILES string of the molecule is [B]N1CCCC1COP(=O)(OC)Oc1ccc(COC(=O)NO)cc1. The molecule has 2 atom stereocenters. The van der Waals surface area contributed by atoms with Crippen LogP contribution in [0.4, 0.5) is 4.79 Å². The van der Waals surface area contributed by atoms with Gasteiger partial charge in [0.2, 0.25) is 0 Å². The van der Waals surface area contributed by atoms with Gasteiger partial charge in [-0.05, 0) is 37.1 Å². The molecule has 0 saturated carbocycles. The molecule has 11 heteroatoms. The fourth-order valence-corrected chi connectivity index (χ4v) is 3.25. The van der Waals surface area contributed by atoms with Crippen LogP contribution in [0.3, 0.4) is 0 Å². The minimum atomic E-state index is -3.76. The Balaban J connectivity index is 1.89. The molecule has 1 aromatic carbocycles. The monoisotopic (exact) mass is 370 g/mol. The number of nitrogens with one attached hydrogen (secondary N) is 1. The number of hydrogen-bond donors (Lipinski definition) is 2. The van der Waals surface area contributed by atoms with Gasteiger partial charge >= 0.3 is 13.9 Å². The van der Waals surface area contributed by atoms with Crippen molar-refractivity contribution in [3.05, 3.63) is 29.8 Å². The first-order chi connectivity index (χ1) is 12.0. The Morgan fingerprint density at radius 1 is 1.44 bits per heavy atom. The highest BCUT2D eigenvalue weighted by Crippen LogP contribution is 2.49. The maximum Gasteiger partial charge on any atom is 0.529 e. The second kappa shape index (κ2) is 9.21. The largest absolute Gasteiger partial charge is 0.529 e. The molecule has 0 spiro atoms. The van der Waals surface area contributed by atoms with Crippen LogP contribution in [0, 0.1) is 0 Å². The molecule has 136 valence electrons.